The third-order valence-corrected chi connectivity index (χ3v) is 10.7. The summed E-state index contributed by atoms with van der Waals surface area (Å²) in [5, 5.41) is 11.9. The van der Waals surface area contributed by atoms with E-state index >= 15 is 0 Å². The smallest absolute Gasteiger partial charge is 0.216 e. The summed E-state index contributed by atoms with van der Waals surface area (Å²) in [5.41, 5.74) is 0.789. The summed E-state index contributed by atoms with van der Waals surface area (Å²) in [6.45, 7) is 4.61. The van der Waals surface area contributed by atoms with Gasteiger partial charge in [-0.1, -0.05) is 0 Å². The molecular weight excluding hydrogens is 487 g/mol. The minimum Gasteiger partial charge on any atom is -0.756 e. The van der Waals surface area contributed by atoms with Gasteiger partial charge in [-0.15, -0.1) is 0 Å². The summed E-state index contributed by atoms with van der Waals surface area (Å²) >= 11 is 0. The number of hydroxylamine groups is 2. The third kappa shape index (κ3) is 6.06. The van der Waals surface area contributed by atoms with Crippen molar-refractivity contribution in [2.75, 3.05) is 49.9 Å². The summed E-state index contributed by atoms with van der Waals surface area (Å²) in [6.07, 6.45) is 0.994. The maximum absolute atomic E-state index is 13.2. The lowest BCUT2D eigenvalue weighted by Crippen LogP contribution is -2.54. The lowest BCUT2D eigenvalue weighted by Gasteiger charge is -2.44. The monoisotopic (exact) mass is 519 g/mol. The topological polar surface area (TPSA) is 121 Å². The molecule has 0 spiro atoms. The van der Waals surface area contributed by atoms with Crippen LogP contribution < -0.4 is 4.90 Å². The molecule has 0 N–H and O–H groups in total. The second-order valence-electron chi connectivity index (χ2n) is 9.03. The zero-order valence-corrected chi connectivity index (χ0v) is 21.0. The van der Waals surface area contributed by atoms with Crippen LogP contribution in [0.2, 0.25) is 0 Å². The number of nitrogens with zero attached hydrogens (tertiary/aromatic N) is 4. The van der Waals surface area contributed by atoms with Crippen molar-refractivity contribution in [2.24, 2.45) is 5.92 Å². The standard InChI is InChI=1S/C21H32FN4O6S2/c1-17(2)34(31,32)25-9-3-4-18(14-25)21(26(28)16-27)15-33(29,30)24-12-10-23(11-13-24)20-7-5-19(22)6-8-20/h5-8,16-18,21H,3-4,9-15H2,1-2H3/q-1. The van der Waals surface area contributed by atoms with Crippen LogP contribution in [0.3, 0.4) is 0 Å². The number of hydrogen-bond acceptors (Lipinski definition) is 7. The molecule has 192 valence electrons. The van der Waals surface area contributed by atoms with Crippen molar-refractivity contribution in [3.8, 4) is 0 Å². The third-order valence-electron chi connectivity index (χ3n) is 6.56. The summed E-state index contributed by atoms with van der Waals surface area (Å²) in [4.78, 5) is 13.2. The number of anilines is 1. The van der Waals surface area contributed by atoms with Crippen LogP contribution >= 0.6 is 0 Å². The average Bonchev–Trinajstić information content (AvgIpc) is 2.82. The van der Waals surface area contributed by atoms with Crippen LogP contribution in [0.1, 0.15) is 26.7 Å². The highest BCUT2D eigenvalue weighted by Crippen LogP contribution is 2.28. The zero-order valence-electron chi connectivity index (χ0n) is 19.4. The first-order valence-corrected chi connectivity index (χ1v) is 14.4. The predicted octanol–water partition coefficient (Wildman–Crippen LogP) is 1.05. The summed E-state index contributed by atoms with van der Waals surface area (Å²) in [7, 11) is -7.45. The second-order valence-corrected chi connectivity index (χ2v) is 13.5. The van der Waals surface area contributed by atoms with Crippen LogP contribution in [0.15, 0.2) is 24.3 Å². The highest BCUT2D eigenvalue weighted by atomic mass is 32.2. The molecular formula is C21H32FN4O6S2-. The number of piperazine rings is 1. The molecule has 1 amide bonds. The van der Waals surface area contributed by atoms with Gasteiger partial charge in [-0.25, -0.2) is 25.5 Å². The van der Waals surface area contributed by atoms with Crippen molar-refractivity contribution < 1.29 is 26.0 Å². The van der Waals surface area contributed by atoms with Gasteiger partial charge in [0.05, 0.1) is 11.0 Å². The lowest BCUT2D eigenvalue weighted by atomic mass is 9.92. The molecule has 0 bridgehead atoms. The Morgan fingerprint density at radius 3 is 2.24 bits per heavy atom. The van der Waals surface area contributed by atoms with Crippen LogP contribution in [0.25, 0.3) is 0 Å². The Morgan fingerprint density at radius 2 is 1.68 bits per heavy atom. The molecule has 1 aromatic rings. The number of carbonyl (C=O) groups excluding carboxylic acids is 1. The van der Waals surface area contributed by atoms with E-state index in [-0.39, 0.29) is 36.9 Å². The normalized spacial score (nSPS) is 22.0. The molecule has 1 aromatic carbocycles. The van der Waals surface area contributed by atoms with Crippen LogP contribution in [-0.4, -0.2) is 93.2 Å². The molecule has 2 atom stereocenters. The van der Waals surface area contributed by atoms with E-state index in [1.54, 1.807) is 26.0 Å². The van der Waals surface area contributed by atoms with Gasteiger partial charge in [0.25, 0.3) is 0 Å². The van der Waals surface area contributed by atoms with E-state index in [2.05, 4.69) is 0 Å². The van der Waals surface area contributed by atoms with Gasteiger partial charge in [0.2, 0.25) is 20.0 Å². The van der Waals surface area contributed by atoms with Gasteiger partial charge in [0.15, 0.2) is 6.41 Å². The average molecular weight is 520 g/mol. The molecule has 2 saturated heterocycles. The minimum absolute atomic E-state index is 0.00558. The quantitative estimate of drug-likeness (QED) is 0.353. The highest BCUT2D eigenvalue weighted by molar-refractivity contribution is 7.89. The Morgan fingerprint density at radius 1 is 1.06 bits per heavy atom. The number of amides is 1. The number of halogens is 1. The summed E-state index contributed by atoms with van der Waals surface area (Å²) < 4.78 is 67.3. The van der Waals surface area contributed by atoms with E-state index in [9.17, 15) is 31.2 Å². The molecule has 0 aromatic heterocycles. The number of rotatable bonds is 9. The first-order chi connectivity index (χ1) is 16.0. The number of carbonyl (C=O) groups is 1. The van der Waals surface area contributed by atoms with Crippen molar-refractivity contribution >= 4 is 32.1 Å². The molecule has 2 aliphatic heterocycles. The fourth-order valence-corrected chi connectivity index (χ4v) is 7.67. The predicted molar refractivity (Wildman–Crippen MR) is 127 cm³/mol. The van der Waals surface area contributed by atoms with Gasteiger partial charge in [0, 0.05) is 51.0 Å². The van der Waals surface area contributed by atoms with E-state index in [0.29, 0.717) is 32.5 Å². The molecule has 13 heteroatoms. The first-order valence-electron chi connectivity index (χ1n) is 11.3. The number of piperidine rings is 1. The van der Waals surface area contributed by atoms with Crippen LogP contribution in [-0.2, 0) is 24.8 Å². The number of sulfonamides is 2. The van der Waals surface area contributed by atoms with Gasteiger partial charge in [0.1, 0.15) is 5.82 Å². The van der Waals surface area contributed by atoms with Crippen LogP contribution in [0.5, 0.6) is 0 Å². The zero-order chi connectivity index (χ0) is 25.1. The van der Waals surface area contributed by atoms with Gasteiger partial charge in [-0.05, 0) is 56.9 Å². The molecule has 0 radical (unpaired) electrons. The Labute approximate surface area is 201 Å². The molecule has 0 aliphatic carbocycles. The molecule has 34 heavy (non-hydrogen) atoms. The Kier molecular flexibility index (Phi) is 8.56. The number of benzene rings is 1. The van der Waals surface area contributed by atoms with Gasteiger partial charge in [-0.3, -0.25) is 4.79 Å². The maximum atomic E-state index is 13.2. The number of hydrogen-bond donors (Lipinski definition) is 0. The minimum atomic E-state index is -3.89. The second kappa shape index (κ2) is 10.9. The van der Waals surface area contributed by atoms with E-state index in [1.165, 1.54) is 20.7 Å². The maximum Gasteiger partial charge on any atom is 0.216 e. The van der Waals surface area contributed by atoms with Gasteiger partial charge < -0.3 is 15.2 Å². The first kappa shape index (κ1) is 26.8. The van der Waals surface area contributed by atoms with Crippen molar-refractivity contribution in [2.45, 2.75) is 38.0 Å². The van der Waals surface area contributed by atoms with Crippen molar-refractivity contribution in [1.29, 1.82) is 0 Å². The van der Waals surface area contributed by atoms with Gasteiger partial charge >= 0.3 is 0 Å². The Bertz CT molecular complexity index is 1040. The van der Waals surface area contributed by atoms with E-state index in [1.807, 2.05) is 4.90 Å². The Hall–Kier alpha value is -1.80. The molecule has 3 rings (SSSR count). The fraction of sp³-hybridized carbons (Fsp3) is 0.667. The summed E-state index contributed by atoms with van der Waals surface area (Å²) in [5.74, 6) is -1.50. The van der Waals surface area contributed by atoms with Crippen molar-refractivity contribution in [3.05, 3.63) is 35.3 Å². The van der Waals surface area contributed by atoms with Crippen LogP contribution in [0, 0.1) is 16.9 Å². The van der Waals surface area contributed by atoms with Gasteiger partial charge in [-0.2, -0.15) is 4.31 Å². The molecule has 2 aliphatic rings. The molecule has 2 heterocycles. The Balaban J connectivity index is 1.69. The van der Waals surface area contributed by atoms with E-state index in [0.717, 1.165) is 5.69 Å². The molecule has 10 nitrogen and oxygen atoms in total. The van der Waals surface area contributed by atoms with E-state index < -0.39 is 43.0 Å². The van der Waals surface area contributed by atoms with Crippen molar-refractivity contribution in [3.63, 3.8) is 0 Å². The highest BCUT2D eigenvalue weighted by Gasteiger charge is 2.38. The molecule has 2 fully saturated rings. The van der Waals surface area contributed by atoms with Crippen molar-refractivity contribution in [1.82, 2.24) is 13.7 Å². The largest absolute Gasteiger partial charge is 0.756 e. The molecule has 0 saturated carbocycles. The summed E-state index contributed by atoms with van der Waals surface area (Å²) in [6, 6.07) is 4.78. The molecule has 2 unspecified atom stereocenters. The fourth-order valence-electron chi connectivity index (χ4n) is 4.51. The lowest BCUT2D eigenvalue weighted by molar-refractivity contribution is -0.118. The van der Waals surface area contributed by atoms with Crippen LogP contribution in [0.4, 0.5) is 10.1 Å². The SMILES string of the molecule is CC(C)S(=O)(=O)N1CCCC(C(CS(=O)(=O)N2CCN(c3ccc(F)cc3)CC2)N([O-])C=O)C1. The van der Waals surface area contributed by atoms with E-state index in [4.69, 9.17) is 0 Å².